The van der Waals surface area contributed by atoms with Crippen molar-refractivity contribution in [2.75, 3.05) is 6.61 Å². The minimum Gasteiger partial charge on any atom is -0.481 e. The number of halogens is 1. The molecule has 0 radical (unpaired) electrons. The summed E-state index contributed by atoms with van der Waals surface area (Å²) in [5, 5.41) is 12.6. The second-order valence-electron chi connectivity index (χ2n) is 6.50. The van der Waals surface area contributed by atoms with Crippen molar-refractivity contribution in [3.05, 3.63) is 34.9 Å². The second kappa shape index (κ2) is 6.49. The Hall–Kier alpha value is -1.59. The number of amides is 1. The fourth-order valence-electron chi connectivity index (χ4n) is 3.54. The Labute approximate surface area is 140 Å². The van der Waals surface area contributed by atoms with Gasteiger partial charge in [-0.3, -0.25) is 9.59 Å². The van der Waals surface area contributed by atoms with Gasteiger partial charge in [0.1, 0.15) is 0 Å². The molecule has 3 rings (SSSR count). The SMILES string of the molecule is O=C(Cc1ccccc1Cl)NC1CCOC2(C1)CC(C(=O)O)C2. The van der Waals surface area contributed by atoms with Crippen molar-refractivity contribution in [3.63, 3.8) is 0 Å². The van der Waals surface area contributed by atoms with Crippen molar-refractivity contribution >= 4 is 23.5 Å². The van der Waals surface area contributed by atoms with E-state index in [0.29, 0.717) is 30.9 Å². The van der Waals surface area contributed by atoms with Gasteiger partial charge < -0.3 is 15.2 Å². The minimum absolute atomic E-state index is 0.0356. The van der Waals surface area contributed by atoms with Crippen LogP contribution in [0.25, 0.3) is 0 Å². The lowest BCUT2D eigenvalue weighted by atomic mass is 9.66. The summed E-state index contributed by atoms with van der Waals surface area (Å²) in [4.78, 5) is 23.2. The van der Waals surface area contributed by atoms with Crippen LogP contribution in [0.4, 0.5) is 0 Å². The number of carbonyl (C=O) groups excluding carboxylic acids is 1. The molecule has 0 bridgehead atoms. The minimum atomic E-state index is -0.760. The van der Waals surface area contributed by atoms with Crippen LogP contribution in [-0.2, 0) is 20.7 Å². The molecule has 2 fully saturated rings. The molecule has 1 aromatic rings. The van der Waals surface area contributed by atoms with Gasteiger partial charge in [0, 0.05) is 17.7 Å². The topological polar surface area (TPSA) is 75.6 Å². The van der Waals surface area contributed by atoms with Crippen LogP contribution >= 0.6 is 11.6 Å². The maximum absolute atomic E-state index is 12.2. The fraction of sp³-hybridized carbons (Fsp3) is 0.529. The first-order chi connectivity index (χ1) is 11.0. The normalized spacial score (nSPS) is 29.8. The first kappa shape index (κ1) is 16.3. The summed E-state index contributed by atoms with van der Waals surface area (Å²) < 4.78 is 5.80. The average Bonchev–Trinajstić information content (AvgIpc) is 2.47. The van der Waals surface area contributed by atoms with Gasteiger partial charge in [0.2, 0.25) is 5.91 Å². The molecular weight excluding hydrogens is 318 g/mol. The Morgan fingerprint density at radius 1 is 1.30 bits per heavy atom. The Morgan fingerprint density at radius 2 is 2.04 bits per heavy atom. The molecule has 5 nitrogen and oxygen atoms in total. The summed E-state index contributed by atoms with van der Waals surface area (Å²) in [5.74, 6) is -1.13. The quantitative estimate of drug-likeness (QED) is 0.884. The van der Waals surface area contributed by atoms with Crippen molar-refractivity contribution in [2.24, 2.45) is 5.92 Å². The van der Waals surface area contributed by atoms with E-state index in [9.17, 15) is 9.59 Å². The van der Waals surface area contributed by atoms with Gasteiger partial charge in [-0.05, 0) is 37.3 Å². The molecule has 1 aromatic carbocycles. The van der Waals surface area contributed by atoms with E-state index in [1.54, 1.807) is 6.07 Å². The molecule has 1 saturated carbocycles. The van der Waals surface area contributed by atoms with Crippen LogP contribution in [-0.4, -0.2) is 35.2 Å². The average molecular weight is 338 g/mol. The molecule has 1 aliphatic carbocycles. The number of hydrogen-bond acceptors (Lipinski definition) is 3. The number of hydrogen-bond donors (Lipinski definition) is 2. The van der Waals surface area contributed by atoms with Crippen LogP contribution in [0.5, 0.6) is 0 Å². The highest BCUT2D eigenvalue weighted by molar-refractivity contribution is 6.31. The molecule has 0 aromatic heterocycles. The predicted octanol–water partition coefficient (Wildman–Crippen LogP) is 2.41. The number of carboxylic acids is 1. The third-order valence-electron chi connectivity index (χ3n) is 4.75. The Bertz CT molecular complexity index is 612. The zero-order chi connectivity index (χ0) is 16.4. The number of aliphatic carboxylic acids is 1. The monoisotopic (exact) mass is 337 g/mol. The first-order valence-corrected chi connectivity index (χ1v) is 8.25. The zero-order valence-corrected chi connectivity index (χ0v) is 13.5. The van der Waals surface area contributed by atoms with Crippen LogP contribution in [0.1, 0.15) is 31.2 Å². The summed E-state index contributed by atoms with van der Waals surface area (Å²) in [7, 11) is 0. The van der Waals surface area contributed by atoms with Gasteiger partial charge in [0.05, 0.1) is 17.9 Å². The van der Waals surface area contributed by atoms with E-state index < -0.39 is 5.97 Å². The lowest BCUT2D eigenvalue weighted by Crippen LogP contribution is -2.56. The standard InChI is InChI=1S/C17H20ClNO4/c18-14-4-2-1-3-11(14)7-15(20)19-13-5-6-23-17(10-13)8-12(9-17)16(21)22/h1-4,12-13H,5-10H2,(H,19,20)(H,21,22). The van der Waals surface area contributed by atoms with Gasteiger partial charge in [-0.25, -0.2) is 0 Å². The van der Waals surface area contributed by atoms with Crippen LogP contribution in [0.2, 0.25) is 5.02 Å². The highest BCUT2D eigenvalue weighted by atomic mass is 35.5. The zero-order valence-electron chi connectivity index (χ0n) is 12.8. The maximum atomic E-state index is 12.2. The van der Waals surface area contributed by atoms with Gasteiger partial charge in [0.15, 0.2) is 0 Å². The molecule has 1 heterocycles. The lowest BCUT2D eigenvalue weighted by molar-refractivity contribution is -0.182. The van der Waals surface area contributed by atoms with E-state index in [-0.39, 0.29) is 29.9 Å². The van der Waals surface area contributed by atoms with E-state index >= 15 is 0 Å². The van der Waals surface area contributed by atoms with E-state index in [1.165, 1.54) is 0 Å². The fourth-order valence-corrected chi connectivity index (χ4v) is 3.74. The number of carbonyl (C=O) groups is 2. The van der Waals surface area contributed by atoms with E-state index in [2.05, 4.69) is 5.32 Å². The van der Waals surface area contributed by atoms with Crippen LogP contribution < -0.4 is 5.32 Å². The Kier molecular flexibility index (Phi) is 4.60. The predicted molar refractivity (Wildman–Crippen MR) is 85.4 cm³/mol. The molecule has 1 atom stereocenters. The van der Waals surface area contributed by atoms with Crippen LogP contribution in [0, 0.1) is 5.92 Å². The van der Waals surface area contributed by atoms with E-state index in [1.807, 2.05) is 18.2 Å². The second-order valence-corrected chi connectivity index (χ2v) is 6.91. The van der Waals surface area contributed by atoms with Gasteiger partial charge in [-0.2, -0.15) is 0 Å². The number of ether oxygens (including phenoxy) is 1. The third-order valence-corrected chi connectivity index (χ3v) is 5.12. The highest BCUT2D eigenvalue weighted by Crippen LogP contribution is 2.46. The van der Waals surface area contributed by atoms with Gasteiger partial charge >= 0.3 is 5.97 Å². The summed E-state index contributed by atoms with van der Waals surface area (Å²) in [6, 6.07) is 7.35. The van der Waals surface area contributed by atoms with Crippen LogP contribution in [0.15, 0.2) is 24.3 Å². The molecule has 1 aliphatic heterocycles. The van der Waals surface area contributed by atoms with Crippen molar-refractivity contribution in [1.82, 2.24) is 5.32 Å². The van der Waals surface area contributed by atoms with Gasteiger partial charge in [-0.1, -0.05) is 29.8 Å². The van der Waals surface area contributed by atoms with Crippen molar-refractivity contribution in [2.45, 2.75) is 43.7 Å². The van der Waals surface area contributed by atoms with Crippen molar-refractivity contribution in [1.29, 1.82) is 0 Å². The summed E-state index contributed by atoms with van der Waals surface area (Å²) >= 11 is 6.08. The smallest absolute Gasteiger partial charge is 0.306 e. The molecule has 1 unspecified atom stereocenters. The molecule has 2 N–H and O–H groups in total. The van der Waals surface area contributed by atoms with Gasteiger partial charge in [-0.15, -0.1) is 0 Å². The van der Waals surface area contributed by atoms with E-state index in [4.69, 9.17) is 21.4 Å². The Balaban J connectivity index is 1.53. The maximum Gasteiger partial charge on any atom is 0.306 e. The molecule has 1 saturated heterocycles. The largest absolute Gasteiger partial charge is 0.481 e. The van der Waals surface area contributed by atoms with Crippen molar-refractivity contribution < 1.29 is 19.4 Å². The molecule has 124 valence electrons. The first-order valence-electron chi connectivity index (χ1n) is 7.87. The van der Waals surface area contributed by atoms with Crippen molar-refractivity contribution in [3.8, 4) is 0 Å². The number of nitrogens with one attached hydrogen (secondary N) is 1. The third kappa shape index (κ3) is 3.67. The van der Waals surface area contributed by atoms with Gasteiger partial charge in [0.25, 0.3) is 0 Å². The number of carboxylic acid groups (broad SMARTS) is 1. The molecule has 1 amide bonds. The molecule has 23 heavy (non-hydrogen) atoms. The molecule has 2 aliphatic rings. The summed E-state index contributed by atoms with van der Waals surface area (Å²) in [6.45, 7) is 0.559. The van der Waals surface area contributed by atoms with Crippen LogP contribution in [0.3, 0.4) is 0 Å². The molecule has 6 heteroatoms. The van der Waals surface area contributed by atoms with E-state index in [0.717, 1.165) is 12.0 Å². The molecular formula is C17H20ClNO4. The number of benzene rings is 1. The number of rotatable bonds is 4. The molecule has 1 spiro atoms. The highest BCUT2D eigenvalue weighted by Gasteiger charge is 2.51. The Morgan fingerprint density at radius 3 is 2.74 bits per heavy atom. The summed E-state index contributed by atoms with van der Waals surface area (Å²) in [5.41, 5.74) is 0.451. The lowest BCUT2D eigenvalue weighted by Gasteiger charge is -2.50. The summed E-state index contributed by atoms with van der Waals surface area (Å²) in [6.07, 6.45) is 2.78.